The largest absolute Gasteiger partial charge is 0.423 e. The van der Waals surface area contributed by atoms with Crippen molar-refractivity contribution in [1.82, 2.24) is 0 Å². The van der Waals surface area contributed by atoms with Gasteiger partial charge in [-0.2, -0.15) is 13.2 Å². The van der Waals surface area contributed by atoms with Crippen LogP contribution in [0.5, 0.6) is 0 Å². The first-order valence-electron chi connectivity index (χ1n) is 6.54. The molecule has 1 fully saturated rings. The lowest BCUT2D eigenvalue weighted by molar-refractivity contribution is -0.388. The van der Waals surface area contributed by atoms with Gasteiger partial charge in [0.2, 0.25) is 0 Å². The smallest absolute Gasteiger partial charge is 0.370 e. The molecule has 0 saturated heterocycles. The van der Waals surface area contributed by atoms with Crippen molar-refractivity contribution in [2.75, 3.05) is 18.5 Å². The van der Waals surface area contributed by atoms with Crippen LogP contribution in [-0.4, -0.2) is 24.6 Å². The Hall–Kier alpha value is -1.83. The topological polar surface area (TPSA) is 72.4 Å². The maximum atomic E-state index is 13.0. The van der Waals surface area contributed by atoms with Crippen LogP contribution in [0.25, 0.3) is 0 Å². The van der Waals surface area contributed by atoms with Gasteiger partial charge in [0, 0.05) is 31.4 Å². The summed E-state index contributed by atoms with van der Waals surface area (Å²) >= 11 is 0. The average Bonchev–Trinajstić information content (AvgIpc) is 3.22. The summed E-state index contributed by atoms with van der Waals surface area (Å²) in [5.74, 6) is 0.379. The second-order valence-electron chi connectivity index (χ2n) is 5.21. The fourth-order valence-electron chi connectivity index (χ4n) is 2.47. The minimum atomic E-state index is -4.77. The monoisotopic (exact) mass is 303 g/mol. The predicted octanol–water partition coefficient (Wildman–Crippen LogP) is 2.79. The van der Waals surface area contributed by atoms with E-state index in [0.717, 1.165) is 25.0 Å². The van der Waals surface area contributed by atoms with E-state index in [4.69, 9.17) is 5.73 Å². The molecule has 1 unspecified atom stereocenters. The first-order chi connectivity index (χ1) is 9.75. The third kappa shape index (κ3) is 3.26. The molecule has 2 rings (SSSR count). The predicted molar refractivity (Wildman–Crippen MR) is 72.1 cm³/mol. The van der Waals surface area contributed by atoms with Crippen molar-refractivity contribution in [2.24, 2.45) is 11.7 Å². The van der Waals surface area contributed by atoms with Crippen LogP contribution < -0.4 is 10.6 Å². The molecule has 0 amide bonds. The molecule has 1 aromatic carbocycles. The summed E-state index contributed by atoms with van der Waals surface area (Å²) < 4.78 is 38.9. The lowest BCUT2D eigenvalue weighted by Crippen LogP contribution is -2.39. The summed E-state index contributed by atoms with van der Waals surface area (Å²) in [6, 6.07) is 3.00. The molecule has 8 heteroatoms. The van der Waals surface area contributed by atoms with Gasteiger partial charge in [0.05, 0.1) is 4.92 Å². The number of likely N-dealkylation sites (N-methyl/N-ethyl adjacent to an activating group) is 1. The fourth-order valence-corrected chi connectivity index (χ4v) is 2.47. The van der Waals surface area contributed by atoms with E-state index in [0.29, 0.717) is 12.5 Å². The molecule has 0 radical (unpaired) electrons. The van der Waals surface area contributed by atoms with Gasteiger partial charge in [-0.3, -0.25) is 10.1 Å². The maximum absolute atomic E-state index is 13.0. The highest BCUT2D eigenvalue weighted by Gasteiger charge is 2.39. The van der Waals surface area contributed by atoms with Crippen molar-refractivity contribution in [3.63, 3.8) is 0 Å². The zero-order chi connectivity index (χ0) is 15.8. The highest BCUT2D eigenvalue weighted by molar-refractivity contribution is 5.57. The molecular formula is C13H16F3N3O2. The van der Waals surface area contributed by atoms with E-state index in [-0.39, 0.29) is 11.7 Å². The molecule has 1 aliphatic carbocycles. The Kier molecular flexibility index (Phi) is 4.08. The molecule has 0 aliphatic heterocycles. The van der Waals surface area contributed by atoms with Crippen LogP contribution in [0.2, 0.25) is 0 Å². The van der Waals surface area contributed by atoms with E-state index in [1.807, 2.05) is 0 Å². The van der Waals surface area contributed by atoms with Crippen molar-refractivity contribution >= 4 is 11.4 Å². The summed E-state index contributed by atoms with van der Waals surface area (Å²) in [6.07, 6.45) is -2.76. The molecule has 1 atom stereocenters. The van der Waals surface area contributed by atoms with Gasteiger partial charge in [0.25, 0.3) is 5.69 Å². The van der Waals surface area contributed by atoms with E-state index in [1.54, 1.807) is 11.9 Å². The molecule has 0 bridgehead atoms. The standard InChI is InChI=1S/C13H16F3N3O2/c1-18(12(7-17)8-2-3-8)9-4-5-11(19(20)21)10(6-9)13(14,15)16/h4-6,8,12H,2-3,7,17H2,1H3. The third-order valence-corrected chi connectivity index (χ3v) is 3.79. The number of nitro benzene ring substituents is 1. The zero-order valence-electron chi connectivity index (χ0n) is 11.4. The molecule has 5 nitrogen and oxygen atoms in total. The van der Waals surface area contributed by atoms with Gasteiger partial charge in [-0.25, -0.2) is 0 Å². The van der Waals surface area contributed by atoms with Gasteiger partial charge in [-0.05, 0) is 30.9 Å². The fraction of sp³-hybridized carbons (Fsp3) is 0.538. The lowest BCUT2D eigenvalue weighted by Gasteiger charge is -2.29. The Balaban J connectivity index is 2.39. The normalized spacial score (nSPS) is 16.6. The number of rotatable bonds is 5. The minimum absolute atomic E-state index is 0.0486. The number of nitrogens with zero attached hydrogens (tertiary/aromatic N) is 2. The van der Waals surface area contributed by atoms with Crippen LogP contribution in [-0.2, 0) is 6.18 Å². The zero-order valence-corrected chi connectivity index (χ0v) is 11.4. The molecule has 1 saturated carbocycles. The Bertz CT molecular complexity index is 544. The summed E-state index contributed by atoms with van der Waals surface area (Å²) in [5, 5.41) is 10.7. The molecule has 0 aromatic heterocycles. The van der Waals surface area contributed by atoms with Gasteiger partial charge in [-0.1, -0.05) is 0 Å². The lowest BCUT2D eigenvalue weighted by atomic mass is 10.1. The van der Waals surface area contributed by atoms with Gasteiger partial charge < -0.3 is 10.6 Å². The third-order valence-electron chi connectivity index (χ3n) is 3.79. The van der Waals surface area contributed by atoms with Crippen molar-refractivity contribution in [3.05, 3.63) is 33.9 Å². The second-order valence-corrected chi connectivity index (χ2v) is 5.21. The number of benzene rings is 1. The van der Waals surface area contributed by atoms with Crippen LogP contribution in [0, 0.1) is 16.0 Å². The molecular weight excluding hydrogens is 287 g/mol. The maximum Gasteiger partial charge on any atom is 0.423 e. The van der Waals surface area contributed by atoms with Crippen molar-refractivity contribution in [1.29, 1.82) is 0 Å². The quantitative estimate of drug-likeness (QED) is 0.670. The molecule has 116 valence electrons. The molecule has 2 N–H and O–H groups in total. The van der Waals surface area contributed by atoms with Crippen LogP contribution in [0.1, 0.15) is 18.4 Å². The second kappa shape index (κ2) is 5.51. The van der Waals surface area contributed by atoms with Crippen LogP contribution >= 0.6 is 0 Å². The highest BCUT2D eigenvalue weighted by Crippen LogP contribution is 2.40. The highest BCUT2D eigenvalue weighted by atomic mass is 19.4. The molecule has 21 heavy (non-hydrogen) atoms. The number of hydrogen-bond donors (Lipinski definition) is 1. The van der Waals surface area contributed by atoms with Crippen LogP contribution in [0.15, 0.2) is 18.2 Å². The van der Waals surface area contributed by atoms with Crippen molar-refractivity contribution in [2.45, 2.75) is 25.1 Å². The van der Waals surface area contributed by atoms with E-state index >= 15 is 0 Å². The SMILES string of the molecule is CN(c1ccc([N+](=O)[O-])c(C(F)(F)F)c1)C(CN)C1CC1. The number of alkyl halides is 3. The number of hydrogen-bond acceptors (Lipinski definition) is 4. The minimum Gasteiger partial charge on any atom is -0.370 e. The van der Waals surface area contributed by atoms with E-state index in [9.17, 15) is 23.3 Å². The van der Waals surface area contributed by atoms with Crippen molar-refractivity contribution < 1.29 is 18.1 Å². The summed E-state index contributed by atoms with van der Waals surface area (Å²) in [6.45, 7) is 0.333. The molecule has 1 aromatic rings. The van der Waals surface area contributed by atoms with Gasteiger partial charge in [-0.15, -0.1) is 0 Å². The van der Waals surface area contributed by atoms with E-state index in [2.05, 4.69) is 0 Å². The number of halogens is 3. The summed E-state index contributed by atoms with van der Waals surface area (Å²) in [5.41, 5.74) is 3.80. The van der Waals surface area contributed by atoms with Crippen LogP contribution in [0.3, 0.4) is 0 Å². The van der Waals surface area contributed by atoms with E-state index < -0.39 is 22.4 Å². The first kappa shape index (κ1) is 15.6. The van der Waals surface area contributed by atoms with Gasteiger partial charge in [0.15, 0.2) is 0 Å². The molecule has 0 spiro atoms. The Morgan fingerprint density at radius 2 is 2.10 bits per heavy atom. The first-order valence-corrected chi connectivity index (χ1v) is 6.54. The number of nitrogens with two attached hydrogens (primary N) is 1. The Morgan fingerprint density at radius 3 is 2.52 bits per heavy atom. The van der Waals surface area contributed by atoms with Gasteiger partial charge >= 0.3 is 6.18 Å². The summed E-state index contributed by atoms with van der Waals surface area (Å²) in [4.78, 5) is 11.4. The molecule has 1 aliphatic rings. The number of anilines is 1. The van der Waals surface area contributed by atoms with E-state index in [1.165, 1.54) is 6.07 Å². The van der Waals surface area contributed by atoms with Gasteiger partial charge in [0.1, 0.15) is 5.56 Å². The van der Waals surface area contributed by atoms with Crippen LogP contribution in [0.4, 0.5) is 24.5 Å². The molecule has 0 heterocycles. The van der Waals surface area contributed by atoms with Crippen molar-refractivity contribution in [3.8, 4) is 0 Å². The summed E-state index contributed by atoms with van der Waals surface area (Å²) in [7, 11) is 1.66. The number of nitro groups is 1. The Morgan fingerprint density at radius 1 is 1.48 bits per heavy atom. The average molecular weight is 303 g/mol. The Labute approximate surface area is 119 Å².